The first-order valence-electron chi connectivity index (χ1n) is 7.30. The molecule has 1 aliphatic rings. The molecular formula is C15H20ClFN2O2. The number of hydrogen-bond donors (Lipinski definition) is 1. The molecule has 116 valence electrons. The molecule has 1 aromatic carbocycles. The summed E-state index contributed by atoms with van der Waals surface area (Å²) < 4.78 is 13.4. The Morgan fingerprint density at radius 3 is 2.67 bits per heavy atom. The summed E-state index contributed by atoms with van der Waals surface area (Å²) in [5.74, 6) is 0.193. The molecule has 0 saturated heterocycles. The van der Waals surface area contributed by atoms with Gasteiger partial charge in [0.25, 0.3) is 5.69 Å². The van der Waals surface area contributed by atoms with Gasteiger partial charge in [-0.2, -0.15) is 0 Å². The highest BCUT2D eigenvalue weighted by Gasteiger charge is 2.29. The molecule has 1 saturated carbocycles. The lowest BCUT2D eigenvalue weighted by atomic mass is 9.77. The zero-order valence-corrected chi connectivity index (χ0v) is 13.0. The molecule has 0 spiro atoms. The van der Waals surface area contributed by atoms with E-state index >= 15 is 0 Å². The van der Waals surface area contributed by atoms with Crippen molar-refractivity contribution in [3.8, 4) is 0 Å². The maximum absolute atomic E-state index is 13.4. The molecule has 4 nitrogen and oxygen atoms in total. The summed E-state index contributed by atoms with van der Waals surface area (Å²) in [5, 5.41) is 14.2. The molecule has 1 aromatic rings. The normalized spacial score (nSPS) is 22.3. The molecule has 0 bridgehead atoms. The number of nitrogens with zero attached hydrogens (tertiary/aromatic N) is 1. The van der Waals surface area contributed by atoms with Crippen molar-refractivity contribution >= 4 is 23.0 Å². The molecule has 0 radical (unpaired) electrons. The van der Waals surface area contributed by atoms with E-state index < -0.39 is 10.7 Å². The zero-order valence-electron chi connectivity index (χ0n) is 12.2. The molecule has 2 unspecified atom stereocenters. The maximum atomic E-state index is 13.4. The Morgan fingerprint density at radius 2 is 2.05 bits per heavy atom. The fourth-order valence-electron chi connectivity index (χ4n) is 3.14. The second-order valence-electron chi connectivity index (χ2n) is 5.98. The van der Waals surface area contributed by atoms with Gasteiger partial charge in [-0.05, 0) is 30.7 Å². The molecule has 0 aromatic heterocycles. The Morgan fingerprint density at radius 1 is 1.38 bits per heavy atom. The number of nitro benzene ring substituents is 1. The number of nitro groups is 1. The lowest BCUT2D eigenvalue weighted by Gasteiger charge is -2.35. The highest BCUT2D eigenvalue weighted by molar-refractivity contribution is 6.31. The van der Waals surface area contributed by atoms with Crippen molar-refractivity contribution in [1.29, 1.82) is 0 Å². The van der Waals surface area contributed by atoms with Crippen LogP contribution in [-0.2, 0) is 0 Å². The van der Waals surface area contributed by atoms with Crippen LogP contribution < -0.4 is 5.32 Å². The van der Waals surface area contributed by atoms with E-state index in [2.05, 4.69) is 19.2 Å². The third kappa shape index (κ3) is 3.64. The first-order valence-corrected chi connectivity index (χ1v) is 7.68. The Kier molecular flexibility index (Phi) is 5.04. The minimum atomic E-state index is -0.766. The lowest BCUT2D eigenvalue weighted by molar-refractivity contribution is -0.384. The van der Waals surface area contributed by atoms with Crippen LogP contribution in [0.25, 0.3) is 0 Å². The summed E-state index contributed by atoms with van der Waals surface area (Å²) in [6.07, 6.45) is 4.37. The summed E-state index contributed by atoms with van der Waals surface area (Å²) >= 11 is 5.77. The molecule has 1 aliphatic carbocycles. The van der Waals surface area contributed by atoms with Crippen LogP contribution in [0.1, 0.15) is 39.5 Å². The van der Waals surface area contributed by atoms with Gasteiger partial charge in [-0.3, -0.25) is 10.1 Å². The van der Waals surface area contributed by atoms with Crippen molar-refractivity contribution in [1.82, 2.24) is 0 Å². The molecule has 2 rings (SSSR count). The standard InChI is InChI=1S/C15H20ClFN2O2/c1-9(2)10-5-3-4-6-13(10)18-14-7-11(16)12(17)8-15(14)19(20)21/h7-10,13,18H,3-6H2,1-2H3. The van der Waals surface area contributed by atoms with Crippen LogP contribution in [0.15, 0.2) is 12.1 Å². The van der Waals surface area contributed by atoms with Crippen molar-refractivity contribution in [2.24, 2.45) is 11.8 Å². The van der Waals surface area contributed by atoms with Gasteiger partial charge in [-0.15, -0.1) is 0 Å². The lowest BCUT2D eigenvalue weighted by Crippen LogP contribution is -2.35. The molecule has 0 heterocycles. The average molecular weight is 315 g/mol. The number of rotatable bonds is 4. The van der Waals surface area contributed by atoms with E-state index in [4.69, 9.17) is 11.6 Å². The summed E-state index contributed by atoms with van der Waals surface area (Å²) in [4.78, 5) is 10.5. The van der Waals surface area contributed by atoms with Crippen molar-refractivity contribution in [2.45, 2.75) is 45.6 Å². The van der Waals surface area contributed by atoms with Crippen molar-refractivity contribution < 1.29 is 9.31 Å². The van der Waals surface area contributed by atoms with Gasteiger partial charge in [0.15, 0.2) is 0 Å². The second-order valence-corrected chi connectivity index (χ2v) is 6.39. The van der Waals surface area contributed by atoms with Crippen molar-refractivity contribution in [3.05, 3.63) is 33.1 Å². The van der Waals surface area contributed by atoms with E-state index in [1.165, 1.54) is 12.5 Å². The average Bonchev–Trinajstić information content (AvgIpc) is 2.42. The second kappa shape index (κ2) is 6.60. The Hall–Kier alpha value is -1.36. The van der Waals surface area contributed by atoms with E-state index in [1.807, 2.05) is 0 Å². The fraction of sp³-hybridized carbons (Fsp3) is 0.600. The first kappa shape index (κ1) is 16.0. The minimum absolute atomic E-state index is 0.0972. The number of anilines is 1. The van der Waals surface area contributed by atoms with E-state index in [0.29, 0.717) is 17.5 Å². The van der Waals surface area contributed by atoms with Gasteiger partial charge >= 0.3 is 0 Å². The molecule has 2 atom stereocenters. The highest BCUT2D eigenvalue weighted by atomic mass is 35.5. The van der Waals surface area contributed by atoms with E-state index in [9.17, 15) is 14.5 Å². The van der Waals surface area contributed by atoms with Crippen LogP contribution in [0.2, 0.25) is 5.02 Å². The maximum Gasteiger partial charge on any atom is 0.295 e. The van der Waals surface area contributed by atoms with Gasteiger partial charge in [0.1, 0.15) is 11.5 Å². The Balaban J connectivity index is 2.29. The van der Waals surface area contributed by atoms with Gasteiger partial charge in [-0.1, -0.05) is 38.3 Å². The topological polar surface area (TPSA) is 55.2 Å². The molecule has 1 fully saturated rings. The van der Waals surface area contributed by atoms with Crippen LogP contribution in [0.3, 0.4) is 0 Å². The number of nitrogens with one attached hydrogen (secondary N) is 1. The number of benzene rings is 1. The van der Waals surface area contributed by atoms with Crippen LogP contribution in [0.5, 0.6) is 0 Å². The van der Waals surface area contributed by atoms with Crippen LogP contribution in [-0.4, -0.2) is 11.0 Å². The summed E-state index contributed by atoms with van der Waals surface area (Å²) in [6.45, 7) is 4.33. The van der Waals surface area contributed by atoms with Gasteiger partial charge in [0, 0.05) is 6.04 Å². The van der Waals surface area contributed by atoms with Crippen molar-refractivity contribution in [2.75, 3.05) is 5.32 Å². The summed E-state index contributed by atoms with van der Waals surface area (Å²) in [5.41, 5.74) is 0.0499. The fourth-order valence-corrected chi connectivity index (χ4v) is 3.30. The molecular weight excluding hydrogens is 295 g/mol. The molecule has 21 heavy (non-hydrogen) atoms. The highest BCUT2D eigenvalue weighted by Crippen LogP contribution is 2.36. The Labute approximate surface area is 128 Å². The third-order valence-corrected chi connectivity index (χ3v) is 4.54. The third-order valence-electron chi connectivity index (χ3n) is 4.25. The Bertz CT molecular complexity index is 537. The predicted molar refractivity (Wildman–Crippen MR) is 82.3 cm³/mol. The number of halogens is 2. The first-order chi connectivity index (χ1) is 9.90. The van der Waals surface area contributed by atoms with Gasteiger partial charge in [-0.25, -0.2) is 4.39 Å². The number of hydrogen-bond acceptors (Lipinski definition) is 3. The van der Waals surface area contributed by atoms with Gasteiger partial charge in [0.05, 0.1) is 16.0 Å². The van der Waals surface area contributed by atoms with Crippen LogP contribution in [0.4, 0.5) is 15.8 Å². The summed E-state index contributed by atoms with van der Waals surface area (Å²) in [6, 6.07) is 2.37. The minimum Gasteiger partial charge on any atom is -0.376 e. The molecule has 0 aliphatic heterocycles. The molecule has 1 N–H and O–H groups in total. The summed E-state index contributed by atoms with van der Waals surface area (Å²) in [7, 11) is 0. The monoisotopic (exact) mass is 314 g/mol. The van der Waals surface area contributed by atoms with Gasteiger partial charge < -0.3 is 5.32 Å². The van der Waals surface area contributed by atoms with E-state index in [-0.39, 0.29) is 16.8 Å². The van der Waals surface area contributed by atoms with Gasteiger partial charge in [0.2, 0.25) is 0 Å². The van der Waals surface area contributed by atoms with Crippen LogP contribution >= 0.6 is 11.6 Å². The van der Waals surface area contributed by atoms with E-state index in [0.717, 1.165) is 25.3 Å². The smallest absolute Gasteiger partial charge is 0.295 e. The van der Waals surface area contributed by atoms with Crippen LogP contribution in [0, 0.1) is 27.8 Å². The predicted octanol–water partition coefficient (Wildman–Crippen LogP) is 5.01. The molecule has 6 heteroatoms. The van der Waals surface area contributed by atoms with Crippen molar-refractivity contribution in [3.63, 3.8) is 0 Å². The van der Waals surface area contributed by atoms with E-state index in [1.54, 1.807) is 0 Å². The SMILES string of the molecule is CC(C)C1CCCCC1Nc1cc(Cl)c(F)cc1[N+](=O)[O-]. The largest absolute Gasteiger partial charge is 0.376 e. The zero-order chi connectivity index (χ0) is 15.6. The quantitative estimate of drug-likeness (QED) is 0.627. The molecule has 0 amide bonds.